The Bertz CT molecular complexity index is 2870. The Morgan fingerprint density at radius 2 is 1.25 bits per heavy atom. The van der Waals surface area contributed by atoms with E-state index in [-0.39, 0.29) is 56.2 Å². The number of allylic oxidation sites excluding steroid dienone is 2. The smallest absolute Gasteiger partial charge is 0.335 e. The minimum absolute atomic E-state index is 0.0107. The second-order valence-electron chi connectivity index (χ2n) is 12.2. The zero-order valence-electron chi connectivity index (χ0n) is 29.3. The first-order valence-electron chi connectivity index (χ1n) is 16.1. The van der Waals surface area contributed by atoms with Gasteiger partial charge in [-0.25, -0.2) is 9.59 Å². The molecule has 21 heteroatoms. The first-order chi connectivity index (χ1) is 26.9. The molecule has 0 spiro atoms. The first kappa shape index (κ1) is 39.9. The van der Waals surface area contributed by atoms with Crippen LogP contribution in [0.4, 0.5) is 28.4 Å². The zero-order valence-corrected chi connectivity index (χ0v) is 31.0. The normalized spacial score (nSPS) is 14.9. The number of phenols is 2. The number of hydrogen-bond acceptors (Lipinski definition) is 15. The topological polar surface area (TPSA) is 304 Å². The van der Waals surface area contributed by atoms with Gasteiger partial charge >= 0.3 is 11.9 Å². The van der Waals surface area contributed by atoms with Crippen molar-refractivity contribution in [2.75, 3.05) is 19.5 Å². The number of nitrogens with one attached hydrogen (secondary N) is 1. The highest BCUT2D eigenvalue weighted by Crippen LogP contribution is 2.44. The van der Waals surface area contributed by atoms with E-state index >= 15 is 0 Å². The molecule has 57 heavy (non-hydrogen) atoms. The number of aromatic hydroxyl groups is 2. The first-order valence-corrected chi connectivity index (χ1v) is 19.0. The lowest BCUT2D eigenvalue weighted by Crippen LogP contribution is -2.19. The summed E-state index contributed by atoms with van der Waals surface area (Å²) in [5.41, 5.74) is -0.527. The molecular weight excluding hydrogens is 791 g/mol. The number of fused-ring (bicyclic) bond motifs is 2. The van der Waals surface area contributed by atoms with E-state index in [2.05, 4.69) is 25.8 Å². The van der Waals surface area contributed by atoms with Crippen LogP contribution in [0, 0.1) is 0 Å². The Morgan fingerprint density at radius 3 is 1.72 bits per heavy atom. The summed E-state index contributed by atoms with van der Waals surface area (Å²) < 4.78 is 80.4. The van der Waals surface area contributed by atoms with E-state index in [0.717, 1.165) is 12.1 Å². The molecule has 1 aliphatic rings. The van der Waals surface area contributed by atoms with Crippen LogP contribution in [0.1, 0.15) is 16.8 Å². The molecule has 0 saturated carbocycles. The van der Waals surface area contributed by atoms with Gasteiger partial charge in [-0.05, 0) is 89.7 Å². The third kappa shape index (κ3) is 8.27. The van der Waals surface area contributed by atoms with Crippen molar-refractivity contribution in [3.05, 3.63) is 95.7 Å². The van der Waals surface area contributed by atoms with Gasteiger partial charge in [-0.3, -0.25) is 9.11 Å². The van der Waals surface area contributed by atoms with Crippen molar-refractivity contribution in [2.45, 2.75) is 22.3 Å². The molecular formula is C36H29N5O14S2. The molecule has 19 nitrogen and oxygen atoms in total. The molecule has 1 aliphatic carbocycles. The Balaban J connectivity index is 1.35. The van der Waals surface area contributed by atoms with Gasteiger partial charge in [0.15, 0.2) is 11.5 Å². The van der Waals surface area contributed by atoms with Gasteiger partial charge in [-0.15, -0.1) is 15.3 Å². The predicted molar refractivity (Wildman–Crippen MR) is 202 cm³/mol. The number of azo groups is 2. The number of carbonyl (C=O) groups is 2. The Morgan fingerprint density at radius 1 is 0.702 bits per heavy atom. The molecule has 7 N–H and O–H groups in total. The molecule has 0 radical (unpaired) electrons. The molecule has 0 aromatic heterocycles. The minimum atomic E-state index is -5.01. The molecule has 5 aromatic rings. The van der Waals surface area contributed by atoms with Gasteiger partial charge in [-0.2, -0.15) is 21.9 Å². The highest BCUT2D eigenvalue weighted by Gasteiger charge is 2.26. The molecule has 6 rings (SSSR count). The number of aromatic carboxylic acids is 1. The average molecular weight is 820 g/mol. The summed E-state index contributed by atoms with van der Waals surface area (Å²) in [7, 11) is -7.44. The highest BCUT2D eigenvalue weighted by molar-refractivity contribution is 7.86. The van der Waals surface area contributed by atoms with E-state index in [4.69, 9.17) is 9.47 Å². The highest BCUT2D eigenvalue weighted by atomic mass is 32.2. The van der Waals surface area contributed by atoms with Crippen LogP contribution in [0.3, 0.4) is 0 Å². The molecule has 1 atom stereocenters. The molecule has 5 aromatic carbocycles. The predicted octanol–water partition coefficient (Wildman–Crippen LogP) is 7.16. The number of ether oxygens (including phenoxy) is 2. The van der Waals surface area contributed by atoms with Gasteiger partial charge in [0.05, 0.1) is 18.4 Å². The maximum Gasteiger partial charge on any atom is 0.335 e. The summed E-state index contributed by atoms with van der Waals surface area (Å²) in [6, 6.07) is 14.4. The fourth-order valence-corrected chi connectivity index (χ4v) is 7.16. The third-order valence-corrected chi connectivity index (χ3v) is 10.4. The Labute approximate surface area is 322 Å². The number of anilines is 2. The second-order valence-corrected chi connectivity index (χ2v) is 15.0. The maximum absolute atomic E-state index is 12.5. The number of benzene rings is 5. The second kappa shape index (κ2) is 15.4. The number of carboxylic acid groups (broad SMARTS) is 2. The van der Waals surface area contributed by atoms with Gasteiger partial charge in [0, 0.05) is 41.3 Å². The molecule has 0 heterocycles. The summed E-state index contributed by atoms with van der Waals surface area (Å²) >= 11 is 0. The van der Waals surface area contributed by atoms with E-state index in [0.29, 0.717) is 11.4 Å². The summed E-state index contributed by atoms with van der Waals surface area (Å²) in [6.07, 6.45) is 1.70. The van der Waals surface area contributed by atoms with Gasteiger partial charge in [-0.1, -0.05) is 0 Å². The summed E-state index contributed by atoms with van der Waals surface area (Å²) in [6.45, 7) is 0. The zero-order chi connectivity index (χ0) is 41.4. The number of methoxy groups -OCH3 is 2. The van der Waals surface area contributed by atoms with E-state index < -0.39 is 70.9 Å². The fraction of sp³-hybridized carbons (Fsp3) is 0.111. The minimum Gasteiger partial charge on any atom is -0.505 e. The van der Waals surface area contributed by atoms with Gasteiger partial charge in [0.2, 0.25) is 0 Å². The van der Waals surface area contributed by atoms with Crippen LogP contribution in [-0.4, -0.2) is 78.6 Å². The molecule has 0 saturated heterocycles. The number of phenolic OH excluding ortho intramolecular Hbond substituents is 2. The lowest BCUT2D eigenvalue weighted by molar-refractivity contribution is -0.133. The monoisotopic (exact) mass is 819 g/mol. The van der Waals surface area contributed by atoms with Gasteiger partial charge in [0.1, 0.15) is 38.7 Å². The Kier molecular flexibility index (Phi) is 10.8. The van der Waals surface area contributed by atoms with Crippen molar-refractivity contribution in [1.29, 1.82) is 0 Å². The average Bonchev–Trinajstić information content (AvgIpc) is 3.15. The van der Waals surface area contributed by atoms with Gasteiger partial charge < -0.3 is 35.2 Å². The standard InChI is InChI=1S/C36H29N5O14S2/c1-54-27-13-17(35(44)45)3-9-25(27)38-40-31-29(56(48,49)50)15-19-11-21(5-7-23(19)33(31)42)37-22-6-8-24-20(12-22)16-30(57(51,52)53)32(34(24)43)41-39-26-10-4-18(36(46)47)14-28(26)55-2/h3-13,15-16,28,37,42-43H,14H2,1-2H3,(H,44,45)(H,46,47)(H,48,49,50)(H,51,52,53). The van der Waals surface area contributed by atoms with E-state index in [1.807, 2.05) is 0 Å². The lowest BCUT2D eigenvalue weighted by atomic mass is 10.0. The Hall–Kier alpha value is -6.78. The molecule has 0 aliphatic heterocycles. The number of hydrogen-bond donors (Lipinski definition) is 7. The number of nitrogens with zero attached hydrogens (tertiary/aromatic N) is 4. The van der Waals surface area contributed by atoms with Crippen LogP contribution >= 0.6 is 0 Å². The van der Waals surface area contributed by atoms with Crippen LogP contribution in [0.25, 0.3) is 21.5 Å². The van der Waals surface area contributed by atoms with Crippen molar-refractivity contribution >= 4 is 82.2 Å². The fourth-order valence-electron chi connectivity index (χ4n) is 5.84. The van der Waals surface area contributed by atoms with Crippen molar-refractivity contribution in [3.63, 3.8) is 0 Å². The quantitative estimate of drug-likeness (QED) is 0.0485. The summed E-state index contributed by atoms with van der Waals surface area (Å²) in [5.74, 6) is -3.73. The van der Waals surface area contributed by atoms with Gasteiger partial charge in [0.25, 0.3) is 20.2 Å². The van der Waals surface area contributed by atoms with E-state index in [9.17, 15) is 56.0 Å². The van der Waals surface area contributed by atoms with E-state index in [1.165, 1.54) is 81.0 Å². The summed E-state index contributed by atoms with van der Waals surface area (Å²) in [4.78, 5) is 21.1. The van der Waals surface area contributed by atoms with Crippen molar-refractivity contribution < 1.29 is 65.4 Å². The molecule has 294 valence electrons. The van der Waals surface area contributed by atoms with Crippen LogP contribution in [-0.2, 0) is 29.8 Å². The lowest BCUT2D eigenvalue weighted by Gasteiger charge is -2.18. The SMILES string of the molecule is COc1cc(C(=O)O)ccc1N=Nc1c(S(=O)(=O)O)cc2cc(Nc3ccc4c(O)c(N=NC5=CC=C(C(=O)O)CC5OC)c(S(=O)(=O)O)cc4c3)ccc2c1O. The molecule has 0 fully saturated rings. The van der Waals surface area contributed by atoms with Crippen LogP contribution in [0.2, 0.25) is 0 Å². The van der Waals surface area contributed by atoms with E-state index in [1.54, 1.807) is 0 Å². The molecule has 0 bridgehead atoms. The van der Waals surface area contributed by atoms with Crippen molar-refractivity contribution in [3.8, 4) is 17.2 Å². The summed E-state index contributed by atoms with van der Waals surface area (Å²) in [5, 5.41) is 59.9. The number of rotatable bonds is 12. The molecule has 1 unspecified atom stereocenters. The third-order valence-electron chi connectivity index (χ3n) is 8.65. The van der Waals surface area contributed by atoms with Crippen molar-refractivity contribution in [2.24, 2.45) is 20.5 Å². The van der Waals surface area contributed by atoms with Crippen LogP contribution in [0.5, 0.6) is 17.2 Å². The number of carboxylic acids is 2. The number of aliphatic carboxylic acids is 1. The largest absolute Gasteiger partial charge is 0.505 e. The maximum atomic E-state index is 12.5. The van der Waals surface area contributed by atoms with Crippen LogP contribution < -0.4 is 10.1 Å². The molecule has 0 amide bonds. The van der Waals surface area contributed by atoms with Crippen LogP contribution in [0.15, 0.2) is 120 Å². The van der Waals surface area contributed by atoms with Crippen molar-refractivity contribution in [1.82, 2.24) is 0 Å².